The van der Waals surface area contributed by atoms with E-state index in [4.69, 9.17) is 0 Å². The van der Waals surface area contributed by atoms with Crippen LogP contribution in [-0.4, -0.2) is 23.6 Å². The summed E-state index contributed by atoms with van der Waals surface area (Å²) in [5.41, 5.74) is 1.16. The fourth-order valence-corrected chi connectivity index (χ4v) is 1.97. The highest BCUT2D eigenvalue weighted by atomic mass is 14.8. The highest BCUT2D eigenvalue weighted by Crippen LogP contribution is 2.40. The molecule has 3 heteroatoms. The van der Waals surface area contributed by atoms with E-state index in [0.29, 0.717) is 5.92 Å². The van der Waals surface area contributed by atoms with Crippen molar-refractivity contribution in [2.75, 3.05) is 13.6 Å². The lowest BCUT2D eigenvalue weighted by Crippen LogP contribution is -2.32. The van der Waals surface area contributed by atoms with E-state index < -0.39 is 0 Å². The summed E-state index contributed by atoms with van der Waals surface area (Å²) in [5, 5.41) is 3.22. The summed E-state index contributed by atoms with van der Waals surface area (Å²) >= 11 is 0. The molecule has 1 aliphatic carbocycles. The molecule has 0 amide bonds. The molecule has 0 aliphatic heterocycles. The molecule has 1 aliphatic rings. The number of nitrogens with zero attached hydrogens (tertiary/aromatic N) is 2. The molecule has 1 aromatic rings. The molecule has 0 bridgehead atoms. The molecule has 2 rings (SSSR count). The van der Waals surface area contributed by atoms with Crippen LogP contribution in [0.4, 0.5) is 0 Å². The maximum Gasteiger partial charge on any atom is 0.0620 e. The van der Waals surface area contributed by atoms with Crippen molar-refractivity contribution in [2.24, 2.45) is 5.92 Å². The molecule has 1 fully saturated rings. The molecule has 13 heavy (non-hydrogen) atoms. The number of aromatic nitrogens is 2. The number of hydrogen-bond donors (Lipinski definition) is 1. The Hall–Kier alpha value is -0.960. The van der Waals surface area contributed by atoms with Gasteiger partial charge in [-0.05, 0) is 32.4 Å². The van der Waals surface area contributed by atoms with Crippen molar-refractivity contribution in [3.63, 3.8) is 0 Å². The van der Waals surface area contributed by atoms with Crippen molar-refractivity contribution in [1.29, 1.82) is 0 Å². The second kappa shape index (κ2) is 3.83. The minimum atomic E-state index is 0.640. The Morgan fingerprint density at radius 3 is 2.92 bits per heavy atom. The zero-order valence-corrected chi connectivity index (χ0v) is 7.90. The SMILES string of the molecule is CNCC1CCC1c1cnccn1. The van der Waals surface area contributed by atoms with Gasteiger partial charge in [0.15, 0.2) is 0 Å². The van der Waals surface area contributed by atoms with E-state index >= 15 is 0 Å². The van der Waals surface area contributed by atoms with Crippen LogP contribution in [0.3, 0.4) is 0 Å². The van der Waals surface area contributed by atoms with Crippen LogP contribution in [0.15, 0.2) is 18.6 Å². The lowest BCUT2D eigenvalue weighted by atomic mass is 9.72. The Morgan fingerprint density at radius 1 is 1.46 bits per heavy atom. The summed E-state index contributed by atoms with van der Waals surface area (Å²) in [6.07, 6.45) is 8.00. The molecule has 2 unspecified atom stereocenters. The summed E-state index contributed by atoms with van der Waals surface area (Å²) in [4.78, 5) is 8.44. The first-order valence-electron chi connectivity index (χ1n) is 4.82. The molecule has 0 aromatic carbocycles. The molecule has 1 aromatic heterocycles. The van der Waals surface area contributed by atoms with Gasteiger partial charge < -0.3 is 5.32 Å². The molecule has 70 valence electrons. The highest BCUT2D eigenvalue weighted by Gasteiger charge is 2.32. The van der Waals surface area contributed by atoms with Crippen molar-refractivity contribution in [3.8, 4) is 0 Å². The Morgan fingerprint density at radius 2 is 2.38 bits per heavy atom. The maximum atomic E-state index is 4.34. The predicted molar refractivity (Wildman–Crippen MR) is 51.4 cm³/mol. The lowest BCUT2D eigenvalue weighted by Gasteiger charge is -2.35. The van der Waals surface area contributed by atoms with Gasteiger partial charge >= 0.3 is 0 Å². The molecule has 1 heterocycles. The summed E-state index contributed by atoms with van der Waals surface area (Å²) < 4.78 is 0. The van der Waals surface area contributed by atoms with Crippen LogP contribution in [0.5, 0.6) is 0 Å². The van der Waals surface area contributed by atoms with Crippen LogP contribution in [0.1, 0.15) is 24.5 Å². The second-order valence-electron chi connectivity index (χ2n) is 3.63. The van der Waals surface area contributed by atoms with Gasteiger partial charge in [-0.3, -0.25) is 9.97 Å². The van der Waals surface area contributed by atoms with Crippen molar-refractivity contribution in [2.45, 2.75) is 18.8 Å². The normalized spacial score (nSPS) is 26.8. The van der Waals surface area contributed by atoms with Crippen LogP contribution >= 0.6 is 0 Å². The van der Waals surface area contributed by atoms with E-state index in [1.165, 1.54) is 12.8 Å². The fraction of sp³-hybridized carbons (Fsp3) is 0.600. The molecule has 0 spiro atoms. The standard InChI is InChI=1S/C10H15N3/c1-11-6-8-2-3-9(8)10-7-12-4-5-13-10/h4-5,7-9,11H,2-3,6H2,1H3. The zero-order chi connectivity index (χ0) is 9.10. The monoisotopic (exact) mass is 177 g/mol. The molecular weight excluding hydrogens is 162 g/mol. The summed E-state index contributed by atoms with van der Waals surface area (Å²) in [6, 6.07) is 0. The van der Waals surface area contributed by atoms with Gasteiger partial charge in [0.2, 0.25) is 0 Å². The quantitative estimate of drug-likeness (QED) is 0.753. The largest absolute Gasteiger partial charge is 0.319 e. The van der Waals surface area contributed by atoms with E-state index in [1.54, 1.807) is 12.4 Å². The third-order valence-electron chi connectivity index (χ3n) is 2.85. The Labute approximate surface area is 78.6 Å². The fourth-order valence-electron chi connectivity index (χ4n) is 1.97. The molecule has 3 nitrogen and oxygen atoms in total. The van der Waals surface area contributed by atoms with Crippen LogP contribution < -0.4 is 5.32 Å². The van der Waals surface area contributed by atoms with Gasteiger partial charge in [0.1, 0.15) is 0 Å². The predicted octanol–water partition coefficient (Wildman–Crippen LogP) is 1.19. The average molecular weight is 177 g/mol. The van der Waals surface area contributed by atoms with Gasteiger partial charge in [0.05, 0.1) is 5.69 Å². The van der Waals surface area contributed by atoms with Crippen molar-refractivity contribution in [1.82, 2.24) is 15.3 Å². The van der Waals surface area contributed by atoms with Crippen LogP contribution in [-0.2, 0) is 0 Å². The molecule has 2 atom stereocenters. The van der Waals surface area contributed by atoms with E-state index in [2.05, 4.69) is 15.3 Å². The first kappa shape index (κ1) is 8.63. The smallest absolute Gasteiger partial charge is 0.0620 e. The minimum Gasteiger partial charge on any atom is -0.319 e. The molecule has 0 saturated heterocycles. The van der Waals surface area contributed by atoms with Gasteiger partial charge in [-0.25, -0.2) is 0 Å². The Balaban J connectivity index is 2.02. The summed E-state index contributed by atoms with van der Waals surface area (Å²) in [6.45, 7) is 1.10. The second-order valence-corrected chi connectivity index (χ2v) is 3.63. The third-order valence-corrected chi connectivity index (χ3v) is 2.85. The number of nitrogens with one attached hydrogen (secondary N) is 1. The van der Waals surface area contributed by atoms with Crippen molar-refractivity contribution in [3.05, 3.63) is 24.3 Å². The third kappa shape index (κ3) is 1.70. The first-order chi connectivity index (χ1) is 6.42. The number of rotatable bonds is 3. The van der Waals surface area contributed by atoms with Crippen LogP contribution in [0.2, 0.25) is 0 Å². The summed E-state index contributed by atoms with van der Waals surface area (Å²) in [7, 11) is 2.01. The summed E-state index contributed by atoms with van der Waals surface area (Å²) in [5.74, 6) is 1.41. The van der Waals surface area contributed by atoms with E-state index in [9.17, 15) is 0 Å². The average Bonchev–Trinajstić information content (AvgIpc) is 2.14. The molecular formula is C10H15N3. The van der Waals surface area contributed by atoms with Crippen LogP contribution in [0, 0.1) is 5.92 Å². The molecule has 1 N–H and O–H groups in total. The van der Waals surface area contributed by atoms with E-state index in [1.807, 2.05) is 13.2 Å². The highest BCUT2D eigenvalue weighted by molar-refractivity contribution is 5.10. The van der Waals surface area contributed by atoms with Gasteiger partial charge in [-0.15, -0.1) is 0 Å². The number of hydrogen-bond acceptors (Lipinski definition) is 3. The molecule has 0 radical (unpaired) electrons. The van der Waals surface area contributed by atoms with Gasteiger partial charge in [0, 0.05) is 24.5 Å². The zero-order valence-electron chi connectivity index (χ0n) is 7.90. The van der Waals surface area contributed by atoms with E-state index in [-0.39, 0.29) is 0 Å². The Bertz CT molecular complexity index is 260. The van der Waals surface area contributed by atoms with Gasteiger partial charge in [-0.2, -0.15) is 0 Å². The van der Waals surface area contributed by atoms with Gasteiger partial charge in [-0.1, -0.05) is 0 Å². The van der Waals surface area contributed by atoms with E-state index in [0.717, 1.165) is 18.2 Å². The first-order valence-corrected chi connectivity index (χ1v) is 4.82. The van der Waals surface area contributed by atoms with Crippen LogP contribution in [0.25, 0.3) is 0 Å². The maximum absolute atomic E-state index is 4.34. The van der Waals surface area contributed by atoms with Crippen molar-refractivity contribution < 1.29 is 0 Å². The minimum absolute atomic E-state index is 0.640. The topological polar surface area (TPSA) is 37.8 Å². The van der Waals surface area contributed by atoms with Crippen molar-refractivity contribution >= 4 is 0 Å². The Kier molecular flexibility index (Phi) is 2.54. The lowest BCUT2D eigenvalue weighted by molar-refractivity contribution is 0.245. The molecule has 1 saturated carbocycles. The van der Waals surface area contributed by atoms with Gasteiger partial charge in [0.25, 0.3) is 0 Å².